The summed E-state index contributed by atoms with van der Waals surface area (Å²) in [5.41, 5.74) is 1.13. The number of rotatable bonds is 1. The van der Waals surface area contributed by atoms with Crippen LogP contribution in [0.3, 0.4) is 0 Å². The smallest absolute Gasteiger partial charge is 0.188 e. The van der Waals surface area contributed by atoms with E-state index in [0.717, 1.165) is 5.57 Å². The van der Waals surface area contributed by atoms with Gasteiger partial charge in [0.1, 0.15) is 0 Å². The Kier molecular flexibility index (Phi) is 1.92. The lowest BCUT2D eigenvalue weighted by molar-refractivity contribution is -0.145. The minimum absolute atomic E-state index is 0.569. The molecule has 0 heterocycles. The highest BCUT2D eigenvalue weighted by Gasteiger charge is 2.24. The van der Waals surface area contributed by atoms with E-state index in [4.69, 9.17) is 4.74 Å². The third-order valence-electron chi connectivity index (χ3n) is 1.62. The van der Waals surface area contributed by atoms with Crippen molar-refractivity contribution in [1.82, 2.24) is 0 Å². The fourth-order valence-corrected chi connectivity index (χ4v) is 1.02. The van der Waals surface area contributed by atoms with Gasteiger partial charge in [-0.3, -0.25) is 0 Å². The first kappa shape index (κ1) is 7.51. The monoisotopic (exact) mass is 140 g/mol. The molecule has 1 rings (SSSR count). The highest BCUT2D eigenvalue weighted by molar-refractivity contribution is 5.21. The van der Waals surface area contributed by atoms with E-state index in [1.54, 1.807) is 6.08 Å². The van der Waals surface area contributed by atoms with Crippen LogP contribution in [0.1, 0.15) is 13.3 Å². The lowest BCUT2D eigenvalue weighted by Gasteiger charge is -2.25. The predicted octanol–water partition coefficient (Wildman–Crippen LogP) is 1.23. The first-order chi connectivity index (χ1) is 4.66. The van der Waals surface area contributed by atoms with Crippen LogP contribution in [0, 0.1) is 0 Å². The molecule has 0 aromatic carbocycles. The molecular formula is C8H12O2. The molecule has 2 heteroatoms. The fourth-order valence-electron chi connectivity index (χ4n) is 1.02. The largest absolute Gasteiger partial charge is 0.362 e. The van der Waals surface area contributed by atoms with E-state index in [1.165, 1.54) is 7.11 Å². The van der Waals surface area contributed by atoms with Gasteiger partial charge >= 0.3 is 0 Å². The van der Waals surface area contributed by atoms with Crippen LogP contribution in [0.2, 0.25) is 0 Å². The zero-order valence-corrected chi connectivity index (χ0v) is 6.29. The molecule has 0 amide bonds. The van der Waals surface area contributed by atoms with E-state index >= 15 is 0 Å². The maximum Gasteiger partial charge on any atom is 0.188 e. The lowest BCUT2D eigenvalue weighted by atomic mass is 10.0. The SMILES string of the molecule is COC1(O)C=CC=C(C)C1. The average molecular weight is 140 g/mol. The molecule has 1 aliphatic carbocycles. The highest BCUT2D eigenvalue weighted by atomic mass is 16.6. The minimum atomic E-state index is -1.06. The van der Waals surface area contributed by atoms with Crippen LogP contribution in [-0.2, 0) is 4.74 Å². The Balaban J connectivity index is 2.71. The van der Waals surface area contributed by atoms with Crippen LogP contribution in [0.4, 0.5) is 0 Å². The number of ether oxygens (including phenoxy) is 1. The molecular weight excluding hydrogens is 128 g/mol. The molecule has 1 aliphatic rings. The molecule has 0 saturated heterocycles. The Morgan fingerprint density at radius 1 is 1.70 bits per heavy atom. The summed E-state index contributed by atoms with van der Waals surface area (Å²) in [5, 5.41) is 9.50. The van der Waals surface area contributed by atoms with Gasteiger partial charge < -0.3 is 9.84 Å². The molecule has 2 nitrogen and oxygen atoms in total. The van der Waals surface area contributed by atoms with E-state index in [-0.39, 0.29) is 0 Å². The summed E-state index contributed by atoms with van der Waals surface area (Å²) in [6.07, 6.45) is 6.00. The Hall–Kier alpha value is -0.600. The van der Waals surface area contributed by atoms with Crippen molar-refractivity contribution in [3.05, 3.63) is 23.8 Å². The van der Waals surface area contributed by atoms with E-state index in [0.29, 0.717) is 6.42 Å². The van der Waals surface area contributed by atoms with Crippen LogP contribution in [-0.4, -0.2) is 18.0 Å². The Labute approximate surface area is 60.8 Å². The van der Waals surface area contributed by atoms with Crippen LogP contribution in [0.5, 0.6) is 0 Å². The Bertz CT molecular complexity index is 182. The number of allylic oxidation sites excluding steroid dienone is 2. The van der Waals surface area contributed by atoms with Gasteiger partial charge in [0, 0.05) is 13.5 Å². The normalized spacial score (nSPS) is 32.1. The van der Waals surface area contributed by atoms with Crippen LogP contribution in [0.15, 0.2) is 23.8 Å². The Morgan fingerprint density at radius 2 is 2.40 bits per heavy atom. The van der Waals surface area contributed by atoms with Gasteiger partial charge in [-0.15, -0.1) is 0 Å². The van der Waals surface area contributed by atoms with Crippen molar-refractivity contribution >= 4 is 0 Å². The van der Waals surface area contributed by atoms with Crippen molar-refractivity contribution in [2.24, 2.45) is 0 Å². The van der Waals surface area contributed by atoms with Crippen molar-refractivity contribution < 1.29 is 9.84 Å². The molecule has 0 radical (unpaired) electrons. The summed E-state index contributed by atoms with van der Waals surface area (Å²) in [4.78, 5) is 0. The van der Waals surface area contributed by atoms with E-state index in [2.05, 4.69) is 0 Å². The molecule has 0 aliphatic heterocycles. The zero-order chi connectivity index (χ0) is 7.61. The van der Waals surface area contributed by atoms with Crippen LogP contribution in [0.25, 0.3) is 0 Å². The maximum absolute atomic E-state index is 9.50. The maximum atomic E-state index is 9.50. The van der Waals surface area contributed by atoms with Gasteiger partial charge in [0.25, 0.3) is 0 Å². The molecule has 1 unspecified atom stereocenters. The third kappa shape index (κ3) is 1.46. The number of hydrogen-bond donors (Lipinski definition) is 1. The number of hydrogen-bond acceptors (Lipinski definition) is 2. The van der Waals surface area contributed by atoms with Gasteiger partial charge in [0.05, 0.1) is 0 Å². The molecule has 0 aromatic heterocycles. The van der Waals surface area contributed by atoms with Gasteiger partial charge in [-0.25, -0.2) is 0 Å². The van der Waals surface area contributed by atoms with Gasteiger partial charge in [-0.1, -0.05) is 17.7 Å². The van der Waals surface area contributed by atoms with Crippen molar-refractivity contribution in [2.75, 3.05) is 7.11 Å². The molecule has 56 valence electrons. The predicted molar refractivity (Wildman–Crippen MR) is 39.5 cm³/mol. The summed E-state index contributed by atoms with van der Waals surface area (Å²) in [5.74, 6) is -1.06. The second-order valence-electron chi connectivity index (χ2n) is 2.60. The summed E-state index contributed by atoms with van der Waals surface area (Å²) >= 11 is 0. The van der Waals surface area contributed by atoms with Crippen LogP contribution >= 0.6 is 0 Å². The summed E-state index contributed by atoms with van der Waals surface area (Å²) < 4.78 is 4.88. The van der Waals surface area contributed by atoms with Crippen molar-refractivity contribution in [2.45, 2.75) is 19.1 Å². The molecule has 0 spiro atoms. The number of aliphatic hydroxyl groups is 1. The molecule has 0 saturated carbocycles. The van der Waals surface area contributed by atoms with Crippen LogP contribution < -0.4 is 0 Å². The Morgan fingerprint density at radius 3 is 2.80 bits per heavy atom. The second kappa shape index (κ2) is 2.56. The summed E-state index contributed by atoms with van der Waals surface area (Å²) in [6.45, 7) is 1.97. The van der Waals surface area contributed by atoms with Gasteiger partial charge in [0.2, 0.25) is 0 Å². The van der Waals surface area contributed by atoms with Gasteiger partial charge in [-0.2, -0.15) is 0 Å². The quantitative estimate of drug-likeness (QED) is 0.555. The van der Waals surface area contributed by atoms with Crippen molar-refractivity contribution in [3.8, 4) is 0 Å². The van der Waals surface area contributed by atoms with Crippen molar-refractivity contribution in [3.63, 3.8) is 0 Å². The summed E-state index contributed by atoms with van der Waals surface area (Å²) in [6, 6.07) is 0. The first-order valence-corrected chi connectivity index (χ1v) is 3.29. The van der Waals surface area contributed by atoms with E-state index < -0.39 is 5.79 Å². The molecule has 10 heavy (non-hydrogen) atoms. The minimum Gasteiger partial charge on any atom is -0.362 e. The summed E-state index contributed by atoms with van der Waals surface area (Å²) in [7, 11) is 1.50. The molecule has 1 N–H and O–H groups in total. The van der Waals surface area contributed by atoms with Gasteiger partial charge in [0.15, 0.2) is 5.79 Å². The molecule has 0 bridgehead atoms. The van der Waals surface area contributed by atoms with E-state index in [9.17, 15) is 5.11 Å². The second-order valence-corrected chi connectivity index (χ2v) is 2.60. The highest BCUT2D eigenvalue weighted by Crippen LogP contribution is 2.22. The topological polar surface area (TPSA) is 29.5 Å². The van der Waals surface area contributed by atoms with Crippen molar-refractivity contribution in [1.29, 1.82) is 0 Å². The standard InChI is InChI=1S/C8H12O2/c1-7-4-3-5-8(9,6-7)10-2/h3-5,9H,6H2,1-2H3. The zero-order valence-electron chi connectivity index (χ0n) is 6.29. The van der Waals surface area contributed by atoms with E-state index in [1.807, 2.05) is 19.1 Å². The lowest BCUT2D eigenvalue weighted by Crippen LogP contribution is -2.29. The first-order valence-electron chi connectivity index (χ1n) is 3.29. The fraction of sp³-hybridized carbons (Fsp3) is 0.500. The molecule has 0 aromatic rings. The third-order valence-corrected chi connectivity index (χ3v) is 1.62. The molecule has 1 atom stereocenters. The number of methoxy groups -OCH3 is 1. The average Bonchev–Trinajstić information content (AvgIpc) is 1.88. The van der Waals surface area contributed by atoms with Gasteiger partial charge in [-0.05, 0) is 13.0 Å². The molecule has 0 fully saturated rings.